The van der Waals surface area contributed by atoms with Gasteiger partial charge >= 0.3 is 0 Å². The van der Waals surface area contributed by atoms with Crippen molar-refractivity contribution in [3.63, 3.8) is 0 Å². The molecule has 0 aliphatic heterocycles. The Bertz CT molecular complexity index is 448. The molecule has 0 heterocycles. The molecule has 0 aromatic heterocycles. The fourth-order valence-corrected chi connectivity index (χ4v) is 2.54. The molecular weight excluding hydrogens is 298 g/mol. The largest absolute Gasteiger partial charge is 0.390 e. The molecule has 1 aromatic carbocycles. The molecule has 3 atom stereocenters. The fraction of sp³-hybridized carbons (Fsp3) is 0.667. The van der Waals surface area contributed by atoms with Crippen LogP contribution >= 0.6 is 0 Å². The van der Waals surface area contributed by atoms with Gasteiger partial charge in [-0.25, -0.2) is 8.78 Å². The topological polar surface area (TPSA) is 58.3 Å². The number of benzene rings is 1. The van der Waals surface area contributed by atoms with Crippen LogP contribution in [0.15, 0.2) is 18.2 Å². The molecule has 4 N–H and O–H groups in total. The summed E-state index contributed by atoms with van der Waals surface area (Å²) in [5.74, 6) is -0.551. The molecule has 1 aromatic rings. The van der Waals surface area contributed by atoms with Crippen LogP contribution in [0, 0.1) is 17.6 Å². The normalized spacial score (nSPS) is 15.7. The van der Waals surface area contributed by atoms with Crippen molar-refractivity contribution in [2.75, 3.05) is 6.54 Å². The van der Waals surface area contributed by atoms with Crippen molar-refractivity contribution >= 4 is 0 Å². The molecular formula is C18H30F2N2O. The van der Waals surface area contributed by atoms with Crippen molar-refractivity contribution in [2.24, 2.45) is 11.7 Å². The van der Waals surface area contributed by atoms with Gasteiger partial charge in [0.2, 0.25) is 0 Å². The molecule has 0 bridgehead atoms. The summed E-state index contributed by atoms with van der Waals surface area (Å²) >= 11 is 0. The number of rotatable bonds is 10. The van der Waals surface area contributed by atoms with E-state index in [1.54, 1.807) is 0 Å². The zero-order valence-electron chi connectivity index (χ0n) is 14.4. The molecule has 3 nitrogen and oxygen atoms in total. The molecule has 0 aliphatic carbocycles. The zero-order chi connectivity index (χ0) is 17.4. The summed E-state index contributed by atoms with van der Waals surface area (Å²) < 4.78 is 26.3. The molecule has 0 saturated heterocycles. The van der Waals surface area contributed by atoms with E-state index in [9.17, 15) is 13.9 Å². The van der Waals surface area contributed by atoms with Gasteiger partial charge < -0.3 is 16.2 Å². The molecule has 0 saturated carbocycles. The highest BCUT2D eigenvalue weighted by Gasteiger charge is 2.17. The summed E-state index contributed by atoms with van der Waals surface area (Å²) in [6, 6.07) is 3.06. The summed E-state index contributed by atoms with van der Waals surface area (Å²) in [4.78, 5) is 0. The van der Waals surface area contributed by atoms with Gasteiger partial charge in [0, 0.05) is 24.7 Å². The van der Waals surface area contributed by atoms with E-state index < -0.39 is 23.8 Å². The van der Waals surface area contributed by atoms with Crippen molar-refractivity contribution < 1.29 is 13.9 Å². The minimum atomic E-state index is -0.756. The van der Waals surface area contributed by atoms with Gasteiger partial charge in [0.05, 0.1) is 6.10 Å². The molecule has 132 valence electrons. The van der Waals surface area contributed by atoms with Gasteiger partial charge in [0.15, 0.2) is 0 Å². The number of aliphatic hydroxyl groups excluding tert-OH is 1. The molecule has 0 spiro atoms. The van der Waals surface area contributed by atoms with Crippen molar-refractivity contribution in [1.82, 2.24) is 5.32 Å². The molecule has 0 radical (unpaired) electrons. The Kier molecular flexibility index (Phi) is 8.66. The predicted molar refractivity (Wildman–Crippen MR) is 90.2 cm³/mol. The van der Waals surface area contributed by atoms with E-state index in [1.165, 1.54) is 18.6 Å². The van der Waals surface area contributed by atoms with Gasteiger partial charge in [-0.1, -0.05) is 26.7 Å². The van der Waals surface area contributed by atoms with Crippen LogP contribution in [0.25, 0.3) is 0 Å². The fourth-order valence-electron chi connectivity index (χ4n) is 2.54. The average Bonchev–Trinajstić information content (AvgIpc) is 2.43. The summed E-state index contributed by atoms with van der Waals surface area (Å²) in [7, 11) is 0. The Labute approximate surface area is 138 Å². The van der Waals surface area contributed by atoms with E-state index in [-0.39, 0.29) is 6.42 Å². The Balaban J connectivity index is 2.34. The number of nitrogens with two attached hydrogens (primary N) is 1. The van der Waals surface area contributed by atoms with E-state index >= 15 is 0 Å². The quantitative estimate of drug-likeness (QED) is 0.619. The first-order valence-electron chi connectivity index (χ1n) is 8.40. The summed E-state index contributed by atoms with van der Waals surface area (Å²) in [5, 5.41) is 13.4. The van der Waals surface area contributed by atoms with Gasteiger partial charge in [0.25, 0.3) is 0 Å². The van der Waals surface area contributed by atoms with Gasteiger partial charge in [-0.3, -0.25) is 0 Å². The molecule has 0 aliphatic rings. The average molecular weight is 328 g/mol. The lowest BCUT2D eigenvalue weighted by atomic mass is 10.0. The standard InChI is InChI=1S/C18H30F2N2O/c1-12(2)5-4-6-13(3)22-11-18(23)17(21)9-14-7-15(19)10-16(20)8-14/h7-8,10,12-13,17-18,22-23H,4-6,9,11,21H2,1-3H3/t13?,17-,18+/m0/s1. The predicted octanol–water partition coefficient (Wildman–Crippen LogP) is 3.00. The number of hydrogen-bond donors (Lipinski definition) is 3. The van der Waals surface area contributed by atoms with Crippen LogP contribution in [0.2, 0.25) is 0 Å². The van der Waals surface area contributed by atoms with Crippen LogP contribution in [0.3, 0.4) is 0 Å². The van der Waals surface area contributed by atoms with Crippen LogP contribution < -0.4 is 11.1 Å². The van der Waals surface area contributed by atoms with E-state index in [0.717, 1.165) is 18.9 Å². The van der Waals surface area contributed by atoms with E-state index in [4.69, 9.17) is 5.73 Å². The highest BCUT2D eigenvalue weighted by molar-refractivity contribution is 5.19. The monoisotopic (exact) mass is 328 g/mol. The third kappa shape index (κ3) is 8.39. The lowest BCUT2D eigenvalue weighted by molar-refractivity contribution is 0.137. The van der Waals surface area contributed by atoms with Crippen molar-refractivity contribution in [1.29, 1.82) is 0 Å². The van der Waals surface area contributed by atoms with Gasteiger partial charge in [-0.15, -0.1) is 0 Å². The van der Waals surface area contributed by atoms with Gasteiger partial charge in [0.1, 0.15) is 11.6 Å². The first-order valence-corrected chi connectivity index (χ1v) is 8.40. The second kappa shape index (κ2) is 9.96. The Morgan fingerprint density at radius 3 is 2.26 bits per heavy atom. The van der Waals surface area contributed by atoms with Crippen molar-refractivity contribution in [3.8, 4) is 0 Å². The molecule has 0 fully saturated rings. The van der Waals surface area contributed by atoms with E-state index in [1.807, 2.05) is 0 Å². The SMILES string of the molecule is CC(C)CCCC(C)NC[C@@H](O)[C@@H](N)Cc1cc(F)cc(F)c1. The Hall–Kier alpha value is -1.04. The lowest BCUT2D eigenvalue weighted by Gasteiger charge is -2.22. The molecule has 23 heavy (non-hydrogen) atoms. The summed E-state index contributed by atoms with van der Waals surface area (Å²) in [6.07, 6.45) is 2.87. The third-order valence-electron chi connectivity index (χ3n) is 3.98. The first kappa shape index (κ1) is 20.0. The lowest BCUT2D eigenvalue weighted by Crippen LogP contribution is -2.45. The van der Waals surface area contributed by atoms with Crippen molar-refractivity contribution in [3.05, 3.63) is 35.4 Å². The maximum Gasteiger partial charge on any atom is 0.126 e. The van der Waals surface area contributed by atoms with Crippen LogP contribution in [-0.4, -0.2) is 29.8 Å². The molecule has 1 unspecified atom stereocenters. The number of nitrogens with one attached hydrogen (secondary N) is 1. The van der Waals surface area contributed by atoms with Crippen LogP contribution in [0.4, 0.5) is 8.78 Å². The zero-order valence-corrected chi connectivity index (χ0v) is 14.4. The number of halogens is 2. The maximum absolute atomic E-state index is 13.2. The molecule has 5 heteroatoms. The Morgan fingerprint density at radius 2 is 1.70 bits per heavy atom. The number of aliphatic hydroxyl groups is 1. The highest BCUT2D eigenvalue weighted by atomic mass is 19.1. The molecule has 1 rings (SSSR count). The van der Waals surface area contributed by atoms with E-state index in [2.05, 4.69) is 26.1 Å². The minimum absolute atomic E-state index is 0.235. The van der Waals surface area contributed by atoms with Crippen LogP contribution in [0.1, 0.15) is 45.6 Å². The second-order valence-corrected chi connectivity index (χ2v) is 6.85. The summed E-state index contributed by atoms with van der Waals surface area (Å²) in [6.45, 7) is 6.87. The first-order chi connectivity index (χ1) is 10.8. The second-order valence-electron chi connectivity index (χ2n) is 6.85. The smallest absolute Gasteiger partial charge is 0.126 e. The van der Waals surface area contributed by atoms with Gasteiger partial charge in [-0.2, -0.15) is 0 Å². The van der Waals surface area contributed by atoms with E-state index in [0.29, 0.717) is 24.1 Å². The third-order valence-corrected chi connectivity index (χ3v) is 3.98. The molecule has 0 amide bonds. The van der Waals surface area contributed by atoms with Gasteiger partial charge in [-0.05, 0) is 43.4 Å². The minimum Gasteiger partial charge on any atom is -0.390 e. The Morgan fingerprint density at radius 1 is 1.09 bits per heavy atom. The van der Waals surface area contributed by atoms with Crippen molar-refractivity contribution in [2.45, 2.75) is 64.6 Å². The maximum atomic E-state index is 13.2. The van der Waals surface area contributed by atoms with Crippen LogP contribution in [-0.2, 0) is 6.42 Å². The van der Waals surface area contributed by atoms with Crippen LogP contribution in [0.5, 0.6) is 0 Å². The number of hydrogen-bond acceptors (Lipinski definition) is 3. The highest BCUT2D eigenvalue weighted by Crippen LogP contribution is 2.11. The summed E-state index contributed by atoms with van der Waals surface area (Å²) in [5.41, 5.74) is 6.40.